The van der Waals surface area contributed by atoms with Crippen LogP contribution in [0.15, 0.2) is 42.5 Å². The second kappa shape index (κ2) is 6.74. The minimum absolute atomic E-state index is 0.0658. The fraction of sp³-hybridized carbons (Fsp3) is 0.250. The zero-order valence-electron chi connectivity index (χ0n) is 12.0. The number of hydrogen-bond donors (Lipinski definition) is 0. The molecule has 0 N–H and O–H groups in total. The number of hydrogen-bond acceptors (Lipinski definition) is 4. The molecule has 0 unspecified atom stereocenters. The first-order valence-corrected chi connectivity index (χ1v) is 6.64. The number of nitro groups is 1. The predicted octanol–water partition coefficient (Wildman–Crippen LogP) is 3.67. The Hall–Kier alpha value is -2.56. The average Bonchev–Trinajstić information content (AvgIpc) is 2.46. The van der Waals surface area contributed by atoms with Gasteiger partial charge in [-0.3, -0.25) is 10.1 Å². The van der Waals surface area contributed by atoms with Crippen molar-refractivity contribution in [3.05, 3.63) is 63.7 Å². The van der Waals surface area contributed by atoms with Gasteiger partial charge in [0.1, 0.15) is 24.7 Å². The molecule has 0 amide bonds. The molecule has 0 aliphatic heterocycles. The summed E-state index contributed by atoms with van der Waals surface area (Å²) in [5.41, 5.74) is 1.88. The van der Waals surface area contributed by atoms with Crippen LogP contribution < -0.4 is 9.47 Å². The van der Waals surface area contributed by atoms with Crippen molar-refractivity contribution in [2.24, 2.45) is 0 Å². The van der Waals surface area contributed by atoms with E-state index >= 15 is 0 Å². The molecular formula is C16H17NO4. The summed E-state index contributed by atoms with van der Waals surface area (Å²) in [6, 6.07) is 12.3. The standard InChI is InChI=1S/C16H17NO4/c1-12-5-3-4-6-15(12)20-9-10-21-16-8-7-14(17(18)19)11-13(16)2/h3-8,11H,9-10H2,1-2H3. The van der Waals surface area contributed by atoms with Crippen LogP contribution in [0.3, 0.4) is 0 Å². The minimum atomic E-state index is -0.419. The molecule has 5 nitrogen and oxygen atoms in total. The zero-order chi connectivity index (χ0) is 15.2. The fourth-order valence-corrected chi connectivity index (χ4v) is 1.93. The summed E-state index contributed by atoms with van der Waals surface area (Å²) in [5.74, 6) is 1.47. The molecule has 0 bridgehead atoms. The highest BCUT2D eigenvalue weighted by molar-refractivity contribution is 5.42. The normalized spacial score (nSPS) is 10.2. The highest BCUT2D eigenvalue weighted by atomic mass is 16.6. The van der Waals surface area contributed by atoms with Gasteiger partial charge in [-0.15, -0.1) is 0 Å². The molecule has 110 valence electrons. The van der Waals surface area contributed by atoms with Crippen LogP contribution in [0.1, 0.15) is 11.1 Å². The highest BCUT2D eigenvalue weighted by Gasteiger charge is 2.08. The van der Waals surface area contributed by atoms with Crippen molar-refractivity contribution in [3.63, 3.8) is 0 Å². The number of nitro benzene ring substituents is 1. The fourth-order valence-electron chi connectivity index (χ4n) is 1.93. The van der Waals surface area contributed by atoms with Crippen LogP contribution in [0.5, 0.6) is 11.5 Å². The van der Waals surface area contributed by atoms with E-state index in [0.29, 0.717) is 19.0 Å². The van der Waals surface area contributed by atoms with Crippen molar-refractivity contribution < 1.29 is 14.4 Å². The Morgan fingerprint density at radius 2 is 1.57 bits per heavy atom. The lowest BCUT2D eigenvalue weighted by Crippen LogP contribution is -2.10. The molecule has 0 heterocycles. The molecule has 0 fully saturated rings. The van der Waals surface area contributed by atoms with E-state index in [1.807, 2.05) is 31.2 Å². The van der Waals surface area contributed by atoms with Gasteiger partial charge in [-0.25, -0.2) is 0 Å². The number of nitrogens with zero attached hydrogens (tertiary/aromatic N) is 1. The maximum Gasteiger partial charge on any atom is 0.269 e. The van der Waals surface area contributed by atoms with Gasteiger partial charge in [0, 0.05) is 12.1 Å². The van der Waals surface area contributed by atoms with Crippen LogP contribution in [0.4, 0.5) is 5.69 Å². The summed E-state index contributed by atoms with van der Waals surface area (Å²) in [7, 11) is 0. The average molecular weight is 287 g/mol. The number of aryl methyl sites for hydroxylation is 2. The van der Waals surface area contributed by atoms with Crippen molar-refractivity contribution in [1.29, 1.82) is 0 Å². The van der Waals surface area contributed by atoms with Crippen molar-refractivity contribution in [2.75, 3.05) is 13.2 Å². The van der Waals surface area contributed by atoms with Crippen LogP contribution in [-0.2, 0) is 0 Å². The van der Waals surface area contributed by atoms with Gasteiger partial charge in [0.2, 0.25) is 0 Å². The first-order valence-electron chi connectivity index (χ1n) is 6.64. The molecule has 0 atom stereocenters. The Labute approximate surface area is 123 Å². The van der Waals surface area contributed by atoms with Gasteiger partial charge in [-0.05, 0) is 37.1 Å². The topological polar surface area (TPSA) is 61.6 Å². The van der Waals surface area contributed by atoms with Crippen molar-refractivity contribution >= 4 is 5.69 Å². The second-order valence-electron chi connectivity index (χ2n) is 4.67. The molecule has 0 aliphatic rings. The quantitative estimate of drug-likeness (QED) is 0.462. The molecule has 0 radical (unpaired) electrons. The van der Waals surface area contributed by atoms with Gasteiger partial charge < -0.3 is 9.47 Å². The van der Waals surface area contributed by atoms with E-state index in [1.54, 1.807) is 13.0 Å². The highest BCUT2D eigenvalue weighted by Crippen LogP contribution is 2.23. The Bertz CT molecular complexity index is 640. The molecule has 2 aromatic rings. The van der Waals surface area contributed by atoms with Crippen LogP contribution in [0, 0.1) is 24.0 Å². The lowest BCUT2D eigenvalue weighted by molar-refractivity contribution is -0.384. The molecule has 5 heteroatoms. The van der Waals surface area contributed by atoms with Crippen molar-refractivity contribution in [1.82, 2.24) is 0 Å². The number of rotatable bonds is 6. The van der Waals surface area contributed by atoms with E-state index in [9.17, 15) is 10.1 Å². The summed E-state index contributed by atoms with van der Waals surface area (Å²) in [6.45, 7) is 4.56. The van der Waals surface area contributed by atoms with E-state index in [2.05, 4.69) is 0 Å². The molecule has 2 rings (SSSR count). The van der Waals surface area contributed by atoms with Crippen molar-refractivity contribution in [2.45, 2.75) is 13.8 Å². The van der Waals surface area contributed by atoms with E-state index in [1.165, 1.54) is 12.1 Å². The first-order chi connectivity index (χ1) is 10.1. The van der Waals surface area contributed by atoms with E-state index in [4.69, 9.17) is 9.47 Å². The summed E-state index contributed by atoms with van der Waals surface area (Å²) >= 11 is 0. The molecule has 0 spiro atoms. The Morgan fingerprint density at radius 3 is 2.14 bits per heavy atom. The SMILES string of the molecule is Cc1ccccc1OCCOc1ccc([N+](=O)[O-])cc1C. The van der Waals surface area contributed by atoms with Gasteiger partial charge >= 0.3 is 0 Å². The third-order valence-corrected chi connectivity index (χ3v) is 3.06. The molecule has 2 aromatic carbocycles. The first kappa shape index (κ1) is 14.8. The minimum Gasteiger partial charge on any atom is -0.490 e. The largest absolute Gasteiger partial charge is 0.490 e. The number of non-ortho nitro benzene ring substituents is 1. The van der Waals surface area contributed by atoms with Gasteiger partial charge in [-0.1, -0.05) is 18.2 Å². The number of ether oxygens (including phenoxy) is 2. The van der Waals surface area contributed by atoms with Gasteiger partial charge in [0.05, 0.1) is 4.92 Å². The maximum absolute atomic E-state index is 10.7. The van der Waals surface area contributed by atoms with Gasteiger partial charge in [0.25, 0.3) is 5.69 Å². The third kappa shape index (κ3) is 3.95. The van der Waals surface area contributed by atoms with E-state index in [-0.39, 0.29) is 5.69 Å². The van der Waals surface area contributed by atoms with Crippen LogP contribution in [-0.4, -0.2) is 18.1 Å². The molecule has 0 aromatic heterocycles. The Balaban J connectivity index is 1.87. The summed E-state index contributed by atoms with van der Waals surface area (Å²) in [5, 5.41) is 10.7. The molecular weight excluding hydrogens is 270 g/mol. The maximum atomic E-state index is 10.7. The van der Waals surface area contributed by atoms with Crippen LogP contribution >= 0.6 is 0 Å². The van der Waals surface area contributed by atoms with Gasteiger partial charge in [0.15, 0.2) is 0 Å². The lowest BCUT2D eigenvalue weighted by atomic mass is 10.2. The Morgan fingerprint density at radius 1 is 0.952 bits per heavy atom. The number of benzene rings is 2. The van der Waals surface area contributed by atoms with Crippen LogP contribution in [0.2, 0.25) is 0 Å². The monoisotopic (exact) mass is 287 g/mol. The van der Waals surface area contributed by atoms with Crippen LogP contribution in [0.25, 0.3) is 0 Å². The Kier molecular flexibility index (Phi) is 4.77. The molecule has 0 saturated carbocycles. The lowest BCUT2D eigenvalue weighted by Gasteiger charge is -2.11. The van der Waals surface area contributed by atoms with Gasteiger partial charge in [-0.2, -0.15) is 0 Å². The molecule has 21 heavy (non-hydrogen) atoms. The molecule has 0 aliphatic carbocycles. The third-order valence-electron chi connectivity index (χ3n) is 3.06. The summed E-state index contributed by atoms with van der Waals surface area (Å²) in [4.78, 5) is 10.2. The summed E-state index contributed by atoms with van der Waals surface area (Å²) in [6.07, 6.45) is 0. The predicted molar refractivity (Wildman–Crippen MR) is 80.0 cm³/mol. The smallest absolute Gasteiger partial charge is 0.269 e. The molecule has 0 saturated heterocycles. The zero-order valence-corrected chi connectivity index (χ0v) is 12.0. The second-order valence-corrected chi connectivity index (χ2v) is 4.67. The van der Waals surface area contributed by atoms with E-state index < -0.39 is 4.92 Å². The number of para-hydroxylation sites is 1. The van der Waals surface area contributed by atoms with Crippen molar-refractivity contribution in [3.8, 4) is 11.5 Å². The summed E-state index contributed by atoms with van der Waals surface area (Å²) < 4.78 is 11.2. The van der Waals surface area contributed by atoms with E-state index in [0.717, 1.165) is 16.9 Å².